The quantitative estimate of drug-likeness (QED) is 0.788. The molecule has 1 saturated heterocycles. The Morgan fingerprint density at radius 2 is 1.70 bits per heavy atom. The summed E-state index contributed by atoms with van der Waals surface area (Å²) in [4.78, 5) is 37.8. The first-order valence-corrected chi connectivity index (χ1v) is 9.60. The number of nitrogens with zero attached hydrogens (tertiary/aromatic N) is 1. The zero-order chi connectivity index (χ0) is 16.4. The molecule has 23 heavy (non-hydrogen) atoms. The Hall–Kier alpha value is -1.24. The van der Waals surface area contributed by atoms with Crippen LogP contribution in [0.15, 0.2) is 0 Å². The van der Waals surface area contributed by atoms with E-state index in [-0.39, 0.29) is 29.7 Å². The molecule has 2 N–H and O–H groups in total. The summed E-state index contributed by atoms with van der Waals surface area (Å²) in [5, 5.41) is 12.0. The summed E-state index contributed by atoms with van der Waals surface area (Å²) >= 11 is 1.62. The van der Waals surface area contributed by atoms with Crippen LogP contribution in [0.1, 0.15) is 38.5 Å². The number of carbonyl (C=O) groups excluding carboxylic acids is 2. The molecular formula is C16H24N2O4S. The van der Waals surface area contributed by atoms with Gasteiger partial charge in [0.1, 0.15) is 6.04 Å². The number of carboxylic acid groups (broad SMARTS) is 1. The van der Waals surface area contributed by atoms with E-state index in [4.69, 9.17) is 5.11 Å². The normalized spacial score (nSPS) is 31.0. The third-order valence-electron chi connectivity index (χ3n) is 5.16. The maximum Gasteiger partial charge on any atom is 0.306 e. The minimum Gasteiger partial charge on any atom is -0.481 e. The first-order chi connectivity index (χ1) is 11.1. The van der Waals surface area contributed by atoms with Crippen molar-refractivity contribution in [3.8, 4) is 0 Å². The Balaban J connectivity index is 1.53. The molecule has 3 fully saturated rings. The van der Waals surface area contributed by atoms with Crippen LogP contribution in [0.3, 0.4) is 0 Å². The molecule has 1 unspecified atom stereocenters. The number of nitrogens with one attached hydrogen (secondary N) is 1. The van der Waals surface area contributed by atoms with Crippen molar-refractivity contribution in [2.75, 3.05) is 18.2 Å². The van der Waals surface area contributed by atoms with Crippen LogP contribution in [0.25, 0.3) is 0 Å². The van der Waals surface area contributed by atoms with Gasteiger partial charge in [-0.25, -0.2) is 0 Å². The van der Waals surface area contributed by atoms with Crippen LogP contribution in [0.2, 0.25) is 0 Å². The molecule has 128 valence electrons. The van der Waals surface area contributed by atoms with Gasteiger partial charge in [-0.15, -0.1) is 11.8 Å². The van der Waals surface area contributed by atoms with Crippen LogP contribution < -0.4 is 5.32 Å². The molecule has 2 aliphatic carbocycles. The molecule has 0 aromatic carbocycles. The van der Waals surface area contributed by atoms with Crippen molar-refractivity contribution in [3.05, 3.63) is 0 Å². The van der Waals surface area contributed by atoms with Gasteiger partial charge in [-0.2, -0.15) is 0 Å². The van der Waals surface area contributed by atoms with Crippen molar-refractivity contribution >= 4 is 29.5 Å². The third-order valence-corrected chi connectivity index (χ3v) is 6.17. The molecule has 1 atom stereocenters. The predicted molar refractivity (Wildman–Crippen MR) is 86.8 cm³/mol. The van der Waals surface area contributed by atoms with Crippen LogP contribution in [0, 0.1) is 17.8 Å². The SMILES string of the molecule is O=C(O)C1CCC(C(=O)N2CSCC2C(=O)NCC2CC2)CC1. The van der Waals surface area contributed by atoms with E-state index in [0.717, 1.165) is 6.54 Å². The first-order valence-electron chi connectivity index (χ1n) is 8.45. The lowest BCUT2D eigenvalue weighted by atomic mass is 9.81. The molecule has 0 aromatic rings. The predicted octanol–water partition coefficient (Wildman–Crippen LogP) is 1.31. The van der Waals surface area contributed by atoms with Gasteiger partial charge in [0.15, 0.2) is 0 Å². The second kappa shape index (κ2) is 7.11. The molecule has 7 heteroatoms. The summed E-state index contributed by atoms with van der Waals surface area (Å²) in [7, 11) is 0. The molecule has 3 rings (SSSR count). The third kappa shape index (κ3) is 4.00. The first kappa shape index (κ1) is 16.6. The Labute approximate surface area is 140 Å². The molecular weight excluding hydrogens is 316 g/mol. The Morgan fingerprint density at radius 1 is 1.04 bits per heavy atom. The van der Waals surface area contributed by atoms with Gasteiger partial charge in [0.25, 0.3) is 0 Å². The number of thioether (sulfide) groups is 1. The van der Waals surface area contributed by atoms with Gasteiger partial charge >= 0.3 is 5.97 Å². The van der Waals surface area contributed by atoms with E-state index in [1.54, 1.807) is 16.7 Å². The number of hydrogen-bond donors (Lipinski definition) is 2. The summed E-state index contributed by atoms with van der Waals surface area (Å²) < 4.78 is 0. The number of hydrogen-bond acceptors (Lipinski definition) is 4. The van der Waals surface area contributed by atoms with Crippen molar-refractivity contribution in [2.45, 2.75) is 44.6 Å². The molecule has 0 aromatic heterocycles. The van der Waals surface area contributed by atoms with E-state index >= 15 is 0 Å². The highest BCUT2D eigenvalue weighted by Crippen LogP contribution is 2.33. The fourth-order valence-corrected chi connectivity index (χ4v) is 4.55. The van der Waals surface area contributed by atoms with E-state index in [0.29, 0.717) is 43.2 Å². The molecule has 3 aliphatic rings. The molecule has 0 bridgehead atoms. The van der Waals surface area contributed by atoms with Gasteiger partial charge in [-0.1, -0.05) is 0 Å². The minimum atomic E-state index is -0.759. The fraction of sp³-hybridized carbons (Fsp3) is 0.812. The van der Waals surface area contributed by atoms with E-state index in [1.807, 2.05) is 0 Å². The lowest BCUT2D eigenvalue weighted by molar-refractivity contribution is -0.146. The standard InChI is InChI=1S/C16H24N2O4S/c19-14(17-7-10-1-2-10)13-8-23-9-18(13)15(20)11-3-5-12(6-4-11)16(21)22/h10-13H,1-9H2,(H,17,19)(H,21,22). The van der Waals surface area contributed by atoms with Crippen molar-refractivity contribution in [2.24, 2.45) is 17.8 Å². The van der Waals surface area contributed by atoms with Crippen LogP contribution in [-0.4, -0.2) is 52.0 Å². The smallest absolute Gasteiger partial charge is 0.306 e. The van der Waals surface area contributed by atoms with Gasteiger partial charge in [-0.05, 0) is 44.4 Å². The highest BCUT2D eigenvalue weighted by Gasteiger charge is 2.39. The summed E-state index contributed by atoms with van der Waals surface area (Å²) in [6.45, 7) is 0.728. The van der Waals surface area contributed by atoms with Crippen LogP contribution >= 0.6 is 11.8 Å². The van der Waals surface area contributed by atoms with Crippen LogP contribution in [0.4, 0.5) is 0 Å². The van der Waals surface area contributed by atoms with Gasteiger partial charge < -0.3 is 15.3 Å². The highest BCUT2D eigenvalue weighted by molar-refractivity contribution is 7.99. The largest absolute Gasteiger partial charge is 0.481 e. The zero-order valence-electron chi connectivity index (χ0n) is 13.2. The van der Waals surface area contributed by atoms with Crippen molar-refractivity contribution in [1.82, 2.24) is 10.2 Å². The van der Waals surface area contributed by atoms with E-state index in [2.05, 4.69) is 5.32 Å². The van der Waals surface area contributed by atoms with Crippen molar-refractivity contribution in [3.63, 3.8) is 0 Å². The lowest BCUT2D eigenvalue weighted by Gasteiger charge is -2.31. The summed E-state index contributed by atoms with van der Waals surface area (Å²) in [5.41, 5.74) is 0. The van der Waals surface area contributed by atoms with E-state index in [9.17, 15) is 14.4 Å². The Bertz CT molecular complexity index is 486. The summed E-state index contributed by atoms with van der Waals surface area (Å²) in [6.07, 6.45) is 4.74. The number of rotatable bonds is 5. The van der Waals surface area contributed by atoms with Gasteiger partial charge in [0.2, 0.25) is 11.8 Å². The maximum atomic E-state index is 12.7. The second-order valence-electron chi connectivity index (χ2n) is 6.90. The topological polar surface area (TPSA) is 86.7 Å². The monoisotopic (exact) mass is 340 g/mol. The van der Waals surface area contributed by atoms with Gasteiger partial charge in [0, 0.05) is 18.2 Å². The molecule has 6 nitrogen and oxygen atoms in total. The lowest BCUT2D eigenvalue weighted by Crippen LogP contribution is -2.49. The van der Waals surface area contributed by atoms with Crippen molar-refractivity contribution in [1.29, 1.82) is 0 Å². The maximum absolute atomic E-state index is 12.7. The average molecular weight is 340 g/mol. The van der Waals surface area contributed by atoms with Crippen LogP contribution in [-0.2, 0) is 14.4 Å². The van der Waals surface area contributed by atoms with Gasteiger partial charge in [0.05, 0.1) is 11.8 Å². The van der Waals surface area contributed by atoms with Crippen molar-refractivity contribution < 1.29 is 19.5 Å². The highest BCUT2D eigenvalue weighted by atomic mass is 32.2. The average Bonchev–Trinajstić information content (AvgIpc) is 3.26. The number of aliphatic carboxylic acids is 1. The zero-order valence-corrected chi connectivity index (χ0v) is 14.0. The van der Waals surface area contributed by atoms with Crippen LogP contribution in [0.5, 0.6) is 0 Å². The van der Waals surface area contributed by atoms with Gasteiger partial charge in [-0.3, -0.25) is 14.4 Å². The molecule has 0 spiro atoms. The fourth-order valence-electron chi connectivity index (χ4n) is 3.38. The summed E-state index contributed by atoms with van der Waals surface area (Å²) in [5.74, 6) is 0.660. The summed E-state index contributed by atoms with van der Waals surface area (Å²) in [6, 6.07) is -0.358. The molecule has 2 saturated carbocycles. The molecule has 1 aliphatic heterocycles. The van der Waals surface area contributed by atoms with E-state index < -0.39 is 5.97 Å². The second-order valence-corrected chi connectivity index (χ2v) is 7.90. The Morgan fingerprint density at radius 3 is 2.30 bits per heavy atom. The molecule has 1 heterocycles. The van der Waals surface area contributed by atoms with E-state index in [1.165, 1.54) is 12.8 Å². The Kier molecular flexibility index (Phi) is 5.14. The number of amides is 2. The molecule has 0 radical (unpaired) electrons. The molecule has 2 amide bonds. The number of carboxylic acids is 1. The minimum absolute atomic E-state index is 0.0328. The number of carbonyl (C=O) groups is 3.